The summed E-state index contributed by atoms with van der Waals surface area (Å²) in [5.41, 5.74) is 3.11. The molecule has 2 aromatic carbocycles. The van der Waals surface area contributed by atoms with Gasteiger partial charge in [-0.15, -0.1) is 6.58 Å². The first-order valence-corrected chi connectivity index (χ1v) is 15.8. The molecule has 174 valence electrons. The van der Waals surface area contributed by atoms with Crippen LogP contribution in [-0.2, 0) is 15.7 Å². The molecule has 4 aliphatic rings. The van der Waals surface area contributed by atoms with Crippen LogP contribution >= 0.6 is 0 Å². The molecule has 2 bridgehead atoms. The lowest BCUT2D eigenvalue weighted by Crippen LogP contribution is -2.65. The van der Waals surface area contributed by atoms with Crippen LogP contribution in [0.15, 0.2) is 72.7 Å². The SMILES string of the molecule is C=C(B1OC2C[C@H]3C[C@H](C3(C)C)[C@@]2(C)O1)[C@H](CCc1ccccc1)[Si](C)(C)c1ccccc1. The fourth-order valence-electron chi connectivity index (χ4n) is 7.22. The van der Waals surface area contributed by atoms with Gasteiger partial charge in [0.25, 0.3) is 0 Å². The van der Waals surface area contributed by atoms with Crippen molar-refractivity contribution in [2.45, 2.75) is 76.8 Å². The third kappa shape index (κ3) is 3.79. The van der Waals surface area contributed by atoms with Gasteiger partial charge in [0.1, 0.15) is 0 Å². The molecular weight excluding hydrogens is 419 g/mol. The van der Waals surface area contributed by atoms with E-state index in [0.717, 1.165) is 30.7 Å². The van der Waals surface area contributed by atoms with Crippen molar-refractivity contribution in [3.8, 4) is 0 Å². The summed E-state index contributed by atoms with van der Waals surface area (Å²) in [7, 11) is -2.15. The van der Waals surface area contributed by atoms with Gasteiger partial charge in [0.05, 0.1) is 19.8 Å². The molecule has 0 radical (unpaired) electrons. The van der Waals surface area contributed by atoms with E-state index in [4.69, 9.17) is 9.31 Å². The maximum absolute atomic E-state index is 6.86. The molecule has 6 rings (SSSR count). The Hall–Kier alpha value is -1.62. The van der Waals surface area contributed by atoms with Gasteiger partial charge in [0, 0.05) is 0 Å². The lowest BCUT2D eigenvalue weighted by atomic mass is 9.43. The Morgan fingerprint density at radius 3 is 2.30 bits per heavy atom. The summed E-state index contributed by atoms with van der Waals surface area (Å²) < 4.78 is 13.6. The first-order chi connectivity index (χ1) is 15.6. The molecule has 0 amide bonds. The average Bonchev–Trinajstić information content (AvgIpc) is 3.17. The van der Waals surface area contributed by atoms with E-state index in [1.165, 1.54) is 17.2 Å². The minimum absolute atomic E-state index is 0.186. The summed E-state index contributed by atoms with van der Waals surface area (Å²) in [6.45, 7) is 16.8. The summed E-state index contributed by atoms with van der Waals surface area (Å²) in [4.78, 5) is 0. The van der Waals surface area contributed by atoms with Crippen molar-refractivity contribution in [2.24, 2.45) is 17.3 Å². The highest BCUT2D eigenvalue weighted by molar-refractivity contribution is 6.92. The first kappa shape index (κ1) is 23.1. The zero-order valence-corrected chi connectivity index (χ0v) is 22.0. The van der Waals surface area contributed by atoms with E-state index in [2.05, 4.69) is 101 Å². The highest BCUT2D eigenvalue weighted by Crippen LogP contribution is 2.66. The van der Waals surface area contributed by atoms with Gasteiger partial charge in [-0.3, -0.25) is 0 Å². The molecule has 1 heterocycles. The smallest absolute Gasteiger partial charge is 0.402 e. The number of benzene rings is 2. The Kier molecular flexibility index (Phi) is 5.79. The molecule has 33 heavy (non-hydrogen) atoms. The van der Waals surface area contributed by atoms with Crippen molar-refractivity contribution in [1.82, 2.24) is 0 Å². The lowest BCUT2D eigenvalue weighted by Gasteiger charge is -2.64. The maximum Gasteiger partial charge on any atom is 0.489 e. The van der Waals surface area contributed by atoms with Crippen LogP contribution in [0.4, 0.5) is 0 Å². The normalized spacial score (nSPS) is 30.9. The van der Waals surface area contributed by atoms with Crippen LogP contribution < -0.4 is 5.19 Å². The Labute approximate surface area is 201 Å². The summed E-state index contributed by atoms with van der Waals surface area (Å²) in [6, 6.07) is 21.9. The van der Waals surface area contributed by atoms with E-state index in [0.29, 0.717) is 16.9 Å². The third-order valence-electron chi connectivity index (χ3n) is 9.65. The predicted molar refractivity (Wildman–Crippen MR) is 141 cm³/mol. The van der Waals surface area contributed by atoms with Gasteiger partial charge in [0.15, 0.2) is 0 Å². The topological polar surface area (TPSA) is 18.5 Å². The Bertz CT molecular complexity index is 1000. The number of hydrogen-bond acceptors (Lipinski definition) is 2. The van der Waals surface area contributed by atoms with E-state index in [9.17, 15) is 0 Å². The van der Waals surface area contributed by atoms with Gasteiger partial charge >= 0.3 is 7.12 Å². The standard InChI is InChI=1S/C29H39BO2Si/c1-21(30-31-27-20-23-19-26(28(23,2)3)29(27,4)32-30)25(18-17-22-13-9-7-10-14-22)33(5,6)24-15-11-8-12-16-24/h7-16,23,25-27H,1,17-20H2,2-6H3/t23-,25+,26-,27?,29-/m1/s1. The molecule has 3 saturated carbocycles. The van der Waals surface area contributed by atoms with Gasteiger partial charge < -0.3 is 9.31 Å². The first-order valence-electron chi connectivity index (χ1n) is 12.8. The van der Waals surface area contributed by atoms with Crippen molar-refractivity contribution < 1.29 is 9.31 Å². The third-order valence-corrected chi connectivity index (χ3v) is 13.9. The summed E-state index contributed by atoms with van der Waals surface area (Å²) in [5.74, 6) is 1.34. The molecule has 4 heteroatoms. The quantitative estimate of drug-likeness (QED) is 0.445. The van der Waals surface area contributed by atoms with Crippen molar-refractivity contribution in [1.29, 1.82) is 0 Å². The Morgan fingerprint density at radius 1 is 1.03 bits per heavy atom. The van der Waals surface area contributed by atoms with Crippen molar-refractivity contribution in [3.63, 3.8) is 0 Å². The average molecular weight is 459 g/mol. The summed E-state index contributed by atoms with van der Waals surface area (Å²) >= 11 is 0. The molecular formula is C29H39BO2Si. The van der Waals surface area contributed by atoms with E-state index in [1.807, 2.05) is 0 Å². The molecule has 1 saturated heterocycles. The van der Waals surface area contributed by atoms with Gasteiger partial charge in [-0.25, -0.2) is 0 Å². The molecule has 4 fully saturated rings. The number of rotatable bonds is 7. The van der Waals surface area contributed by atoms with Crippen LogP contribution in [0.3, 0.4) is 0 Å². The molecule has 2 nitrogen and oxygen atoms in total. The fraction of sp³-hybridized carbons (Fsp3) is 0.517. The predicted octanol–water partition coefficient (Wildman–Crippen LogP) is 6.43. The van der Waals surface area contributed by atoms with E-state index in [-0.39, 0.29) is 18.8 Å². The van der Waals surface area contributed by atoms with Crippen molar-refractivity contribution >= 4 is 20.4 Å². The molecule has 5 atom stereocenters. The van der Waals surface area contributed by atoms with Crippen LogP contribution in [-0.4, -0.2) is 26.9 Å². The van der Waals surface area contributed by atoms with Gasteiger partial charge in [-0.05, 0) is 66.4 Å². The van der Waals surface area contributed by atoms with Crippen LogP contribution in [0.25, 0.3) is 0 Å². The van der Waals surface area contributed by atoms with E-state index in [1.54, 1.807) is 0 Å². The second-order valence-corrected chi connectivity index (χ2v) is 16.8. The van der Waals surface area contributed by atoms with Gasteiger partial charge in [-0.1, -0.05) is 92.8 Å². The number of aryl methyl sites for hydroxylation is 1. The van der Waals surface area contributed by atoms with Gasteiger partial charge in [-0.2, -0.15) is 0 Å². The van der Waals surface area contributed by atoms with E-state index < -0.39 is 8.07 Å². The largest absolute Gasteiger partial charge is 0.489 e. The lowest BCUT2D eigenvalue weighted by molar-refractivity contribution is -0.199. The number of hydrogen-bond donors (Lipinski definition) is 0. The zero-order valence-electron chi connectivity index (χ0n) is 21.0. The minimum Gasteiger partial charge on any atom is -0.402 e. The van der Waals surface area contributed by atoms with Crippen molar-refractivity contribution in [2.75, 3.05) is 0 Å². The van der Waals surface area contributed by atoms with Gasteiger partial charge in [0.2, 0.25) is 0 Å². The van der Waals surface area contributed by atoms with Crippen LogP contribution in [0.1, 0.15) is 45.6 Å². The molecule has 0 spiro atoms. The number of allylic oxidation sites excluding steroid dienone is 1. The maximum atomic E-state index is 6.86. The Morgan fingerprint density at radius 2 is 1.67 bits per heavy atom. The molecule has 0 aromatic heterocycles. The van der Waals surface area contributed by atoms with Crippen molar-refractivity contribution in [3.05, 3.63) is 78.3 Å². The molecule has 0 N–H and O–H groups in total. The zero-order chi connectivity index (χ0) is 23.4. The monoisotopic (exact) mass is 458 g/mol. The second kappa shape index (κ2) is 8.25. The fourth-order valence-corrected chi connectivity index (χ4v) is 10.6. The molecule has 3 aliphatic carbocycles. The molecule has 2 aromatic rings. The highest BCUT2D eigenvalue weighted by Gasteiger charge is 2.68. The highest BCUT2D eigenvalue weighted by atomic mass is 28.3. The van der Waals surface area contributed by atoms with Crippen LogP contribution in [0.2, 0.25) is 18.6 Å². The minimum atomic E-state index is -1.86. The Balaban J connectivity index is 1.41. The second-order valence-electron chi connectivity index (χ2n) is 12.0. The van der Waals surface area contributed by atoms with E-state index >= 15 is 0 Å². The molecule has 1 aliphatic heterocycles. The summed E-state index contributed by atoms with van der Waals surface area (Å²) in [5, 5.41) is 1.48. The van der Waals surface area contributed by atoms with Crippen LogP contribution in [0, 0.1) is 17.3 Å². The van der Waals surface area contributed by atoms with Crippen LogP contribution in [0.5, 0.6) is 0 Å². The molecule has 1 unspecified atom stereocenters. The summed E-state index contributed by atoms with van der Waals surface area (Å²) in [6.07, 6.45) is 4.74.